The number of nitrogens with one attached hydrogen (secondary N) is 1. The molecule has 4 nitrogen and oxygen atoms in total. The van der Waals surface area contributed by atoms with E-state index in [0.717, 1.165) is 24.5 Å². The van der Waals surface area contributed by atoms with Crippen LogP contribution in [-0.2, 0) is 0 Å². The van der Waals surface area contributed by atoms with Crippen molar-refractivity contribution in [3.8, 4) is 0 Å². The van der Waals surface area contributed by atoms with E-state index in [-0.39, 0.29) is 6.10 Å². The molecule has 0 aliphatic rings. The molecule has 0 spiro atoms. The monoisotopic (exact) mass is 181 g/mol. The molecular weight excluding hydrogens is 166 g/mol. The molecule has 1 aromatic heterocycles. The molecule has 0 saturated heterocycles. The van der Waals surface area contributed by atoms with Crippen molar-refractivity contribution in [1.29, 1.82) is 0 Å². The Kier molecular flexibility index (Phi) is 3.64. The lowest BCUT2D eigenvalue weighted by molar-refractivity contribution is 0.188. The summed E-state index contributed by atoms with van der Waals surface area (Å²) in [7, 11) is 0. The van der Waals surface area contributed by atoms with E-state index in [9.17, 15) is 0 Å². The van der Waals surface area contributed by atoms with Crippen LogP contribution in [0.5, 0.6) is 0 Å². The fourth-order valence-corrected chi connectivity index (χ4v) is 0.960. The zero-order valence-corrected chi connectivity index (χ0v) is 7.99. The van der Waals surface area contributed by atoms with Gasteiger partial charge in [-0.2, -0.15) is 0 Å². The Morgan fingerprint density at radius 1 is 1.54 bits per heavy atom. The van der Waals surface area contributed by atoms with Crippen LogP contribution in [0.1, 0.15) is 19.0 Å². The fourth-order valence-electron chi connectivity index (χ4n) is 0.960. The normalized spacial score (nSPS) is 12.5. The number of aliphatic hydroxyl groups is 1. The maximum atomic E-state index is 9.01. The molecular formula is C9H15N3O. The first-order chi connectivity index (χ1) is 6.18. The van der Waals surface area contributed by atoms with Crippen LogP contribution in [-0.4, -0.2) is 27.7 Å². The van der Waals surface area contributed by atoms with Gasteiger partial charge in [0.25, 0.3) is 0 Å². The molecule has 1 atom stereocenters. The number of aromatic nitrogens is 2. The highest BCUT2D eigenvalue weighted by molar-refractivity contribution is 5.34. The average Bonchev–Trinajstić information content (AvgIpc) is 2.03. The highest BCUT2D eigenvalue weighted by Crippen LogP contribution is 2.02. The second kappa shape index (κ2) is 4.77. The Hall–Kier alpha value is -1.16. The standard InChI is InChI=1S/C9H15N3O/c1-7-5-9(12-6-11-7)10-4-3-8(2)13/h5-6,8,13H,3-4H2,1-2H3,(H,10,11,12). The molecule has 0 aromatic carbocycles. The van der Waals surface area contributed by atoms with E-state index >= 15 is 0 Å². The molecule has 0 aliphatic heterocycles. The second-order valence-electron chi connectivity index (χ2n) is 3.11. The fraction of sp³-hybridized carbons (Fsp3) is 0.556. The summed E-state index contributed by atoms with van der Waals surface area (Å²) in [6.45, 7) is 4.42. The van der Waals surface area contributed by atoms with Crippen LogP contribution < -0.4 is 5.32 Å². The third-order valence-electron chi connectivity index (χ3n) is 1.67. The average molecular weight is 181 g/mol. The summed E-state index contributed by atoms with van der Waals surface area (Å²) < 4.78 is 0. The van der Waals surface area contributed by atoms with Gasteiger partial charge in [-0.15, -0.1) is 0 Å². The third kappa shape index (κ3) is 3.85. The molecule has 0 saturated carbocycles. The molecule has 0 fully saturated rings. The molecule has 0 amide bonds. The maximum absolute atomic E-state index is 9.01. The highest BCUT2D eigenvalue weighted by Gasteiger charge is 1.96. The predicted molar refractivity (Wildman–Crippen MR) is 51.6 cm³/mol. The number of hydrogen-bond acceptors (Lipinski definition) is 4. The number of hydrogen-bond donors (Lipinski definition) is 2. The Labute approximate surface area is 78.0 Å². The van der Waals surface area contributed by atoms with E-state index < -0.39 is 0 Å². The van der Waals surface area contributed by atoms with Gasteiger partial charge < -0.3 is 10.4 Å². The van der Waals surface area contributed by atoms with Crippen molar-refractivity contribution in [3.63, 3.8) is 0 Å². The lowest BCUT2D eigenvalue weighted by Crippen LogP contribution is -2.10. The van der Waals surface area contributed by atoms with Crippen LogP contribution in [0.4, 0.5) is 5.82 Å². The van der Waals surface area contributed by atoms with E-state index in [1.807, 2.05) is 13.0 Å². The van der Waals surface area contributed by atoms with E-state index in [2.05, 4.69) is 15.3 Å². The van der Waals surface area contributed by atoms with Gasteiger partial charge in [-0.3, -0.25) is 0 Å². The topological polar surface area (TPSA) is 58.0 Å². The lowest BCUT2D eigenvalue weighted by atomic mass is 10.3. The molecule has 1 unspecified atom stereocenters. The minimum Gasteiger partial charge on any atom is -0.393 e. The first-order valence-electron chi connectivity index (χ1n) is 4.39. The summed E-state index contributed by atoms with van der Waals surface area (Å²) in [5.74, 6) is 0.813. The Morgan fingerprint density at radius 2 is 2.31 bits per heavy atom. The van der Waals surface area contributed by atoms with Crippen molar-refractivity contribution in [2.45, 2.75) is 26.4 Å². The van der Waals surface area contributed by atoms with Crippen LogP contribution in [0.2, 0.25) is 0 Å². The van der Waals surface area contributed by atoms with Crippen molar-refractivity contribution in [2.75, 3.05) is 11.9 Å². The van der Waals surface area contributed by atoms with Crippen LogP contribution in [0.3, 0.4) is 0 Å². The first-order valence-corrected chi connectivity index (χ1v) is 4.39. The van der Waals surface area contributed by atoms with Gasteiger partial charge >= 0.3 is 0 Å². The molecule has 0 radical (unpaired) electrons. The van der Waals surface area contributed by atoms with E-state index in [1.165, 1.54) is 6.33 Å². The summed E-state index contributed by atoms with van der Waals surface area (Å²) in [4.78, 5) is 8.02. The van der Waals surface area contributed by atoms with Gasteiger partial charge in [-0.05, 0) is 20.3 Å². The minimum atomic E-state index is -0.268. The Bertz CT molecular complexity index is 263. The number of aryl methyl sites for hydroxylation is 1. The van der Waals surface area contributed by atoms with Crippen LogP contribution in [0, 0.1) is 6.92 Å². The van der Waals surface area contributed by atoms with Crippen molar-refractivity contribution in [2.24, 2.45) is 0 Å². The van der Waals surface area contributed by atoms with Gasteiger partial charge in [-0.25, -0.2) is 9.97 Å². The van der Waals surface area contributed by atoms with Gasteiger partial charge in [0.05, 0.1) is 6.10 Å². The molecule has 1 heterocycles. The molecule has 4 heteroatoms. The first kappa shape index (κ1) is 9.92. The van der Waals surface area contributed by atoms with Crippen molar-refractivity contribution in [3.05, 3.63) is 18.1 Å². The van der Waals surface area contributed by atoms with Gasteiger partial charge in [0.2, 0.25) is 0 Å². The van der Waals surface area contributed by atoms with E-state index in [0.29, 0.717) is 0 Å². The SMILES string of the molecule is Cc1cc(NCCC(C)O)ncn1. The third-order valence-corrected chi connectivity index (χ3v) is 1.67. The van der Waals surface area contributed by atoms with Crippen LogP contribution in [0.15, 0.2) is 12.4 Å². The molecule has 13 heavy (non-hydrogen) atoms. The summed E-state index contributed by atoms with van der Waals surface area (Å²) in [6, 6.07) is 1.88. The number of nitrogens with zero attached hydrogens (tertiary/aromatic N) is 2. The van der Waals surface area contributed by atoms with Crippen molar-refractivity contribution in [1.82, 2.24) is 9.97 Å². The zero-order valence-electron chi connectivity index (χ0n) is 7.99. The molecule has 2 N–H and O–H groups in total. The predicted octanol–water partition coefficient (Wildman–Crippen LogP) is 0.968. The number of aliphatic hydroxyl groups excluding tert-OH is 1. The summed E-state index contributed by atoms with van der Waals surface area (Å²) >= 11 is 0. The molecule has 0 bridgehead atoms. The molecule has 72 valence electrons. The highest BCUT2D eigenvalue weighted by atomic mass is 16.3. The van der Waals surface area contributed by atoms with Gasteiger partial charge in [0, 0.05) is 18.3 Å². The number of rotatable bonds is 4. The minimum absolute atomic E-state index is 0.268. The number of anilines is 1. The smallest absolute Gasteiger partial charge is 0.129 e. The molecule has 1 aromatic rings. The van der Waals surface area contributed by atoms with Gasteiger partial charge in [0.1, 0.15) is 12.1 Å². The van der Waals surface area contributed by atoms with E-state index in [1.54, 1.807) is 6.92 Å². The van der Waals surface area contributed by atoms with Crippen LogP contribution in [0.25, 0.3) is 0 Å². The zero-order chi connectivity index (χ0) is 9.68. The quantitative estimate of drug-likeness (QED) is 0.726. The Balaban J connectivity index is 2.37. The van der Waals surface area contributed by atoms with Gasteiger partial charge in [-0.1, -0.05) is 0 Å². The van der Waals surface area contributed by atoms with E-state index in [4.69, 9.17) is 5.11 Å². The molecule has 1 rings (SSSR count). The summed E-state index contributed by atoms with van der Waals surface area (Å²) in [5.41, 5.74) is 0.939. The molecule has 0 aliphatic carbocycles. The second-order valence-corrected chi connectivity index (χ2v) is 3.11. The summed E-state index contributed by atoms with van der Waals surface area (Å²) in [5, 5.41) is 12.1. The van der Waals surface area contributed by atoms with Crippen molar-refractivity contribution >= 4 is 5.82 Å². The summed E-state index contributed by atoms with van der Waals surface area (Å²) in [6.07, 6.45) is 1.98. The maximum Gasteiger partial charge on any atom is 0.129 e. The largest absolute Gasteiger partial charge is 0.393 e. The van der Waals surface area contributed by atoms with Crippen molar-refractivity contribution < 1.29 is 5.11 Å². The Morgan fingerprint density at radius 3 is 2.92 bits per heavy atom. The van der Waals surface area contributed by atoms with Crippen LogP contribution >= 0.6 is 0 Å². The van der Waals surface area contributed by atoms with Gasteiger partial charge in [0.15, 0.2) is 0 Å². The lowest BCUT2D eigenvalue weighted by Gasteiger charge is -2.06.